The van der Waals surface area contributed by atoms with E-state index in [1.54, 1.807) is 40.9 Å². The molecule has 2 aromatic heterocycles. The minimum absolute atomic E-state index is 0.254. The third-order valence-corrected chi connectivity index (χ3v) is 5.88. The molecule has 3 aromatic rings. The number of rotatable bonds is 5. The fourth-order valence-corrected chi connectivity index (χ4v) is 4.16. The number of hydrogen-bond donors (Lipinski definition) is 2. The molecule has 0 saturated carbocycles. The lowest BCUT2D eigenvalue weighted by atomic mass is 10.1. The molecule has 0 spiro atoms. The van der Waals surface area contributed by atoms with E-state index in [1.165, 1.54) is 6.33 Å². The van der Waals surface area contributed by atoms with E-state index in [9.17, 15) is 9.90 Å². The number of alkyl halides is 1. The molecular formula is C18H16IN7O3. The molecule has 3 atom stereocenters. The number of nitrogens with one attached hydrogen (secondary N) is 1. The Kier molecular flexibility index (Phi) is 5.37. The van der Waals surface area contributed by atoms with Crippen molar-refractivity contribution in [3.05, 3.63) is 70.5 Å². The van der Waals surface area contributed by atoms with Crippen molar-refractivity contribution in [3.8, 4) is 0 Å². The fraction of sp³-hybridized carbons (Fsp3) is 0.278. The van der Waals surface area contributed by atoms with Crippen molar-refractivity contribution in [2.45, 2.75) is 24.4 Å². The van der Waals surface area contributed by atoms with Gasteiger partial charge in [0.25, 0.3) is 5.91 Å². The monoisotopic (exact) mass is 505 g/mol. The van der Waals surface area contributed by atoms with E-state index < -0.39 is 17.9 Å². The second-order valence-electron chi connectivity index (χ2n) is 6.51. The van der Waals surface area contributed by atoms with E-state index in [2.05, 4.69) is 25.4 Å². The van der Waals surface area contributed by atoms with Crippen molar-refractivity contribution in [2.75, 3.05) is 9.74 Å². The molecular weight excluding hydrogens is 489 g/mol. The van der Waals surface area contributed by atoms with Crippen LogP contribution in [0.25, 0.3) is 16.0 Å². The van der Waals surface area contributed by atoms with Crippen molar-refractivity contribution in [3.63, 3.8) is 0 Å². The number of aliphatic hydroxyl groups excluding tert-OH is 1. The van der Waals surface area contributed by atoms with Crippen molar-refractivity contribution >= 4 is 39.8 Å². The summed E-state index contributed by atoms with van der Waals surface area (Å²) in [7, 11) is 0. The van der Waals surface area contributed by atoms with Gasteiger partial charge < -0.3 is 15.2 Å². The van der Waals surface area contributed by atoms with Gasteiger partial charge in [-0.05, 0) is 29.8 Å². The summed E-state index contributed by atoms with van der Waals surface area (Å²) in [6.45, 7) is 0. The van der Waals surface area contributed by atoms with Gasteiger partial charge in [-0.2, -0.15) is 5.10 Å². The first-order valence-corrected chi connectivity index (χ1v) is 10.3. The third-order valence-electron chi connectivity index (χ3n) is 4.79. The highest BCUT2D eigenvalue weighted by atomic mass is 127. The summed E-state index contributed by atoms with van der Waals surface area (Å²) in [6, 6.07) is 12.4. The second kappa shape index (κ2) is 7.95. The molecule has 1 aliphatic rings. The minimum atomic E-state index is -1.32. The number of aliphatic hydroxyl groups is 1. The van der Waals surface area contributed by atoms with Crippen LogP contribution in [-0.2, 0) is 4.74 Å². The van der Waals surface area contributed by atoms with Crippen LogP contribution in [0.15, 0.2) is 53.9 Å². The average molecular weight is 505 g/mol. The summed E-state index contributed by atoms with van der Waals surface area (Å²) in [4.78, 5) is 19.5. The van der Waals surface area contributed by atoms with Gasteiger partial charge in [0.15, 0.2) is 11.5 Å². The first kappa shape index (κ1) is 19.6. The predicted octanol–water partition coefficient (Wildman–Crippen LogP) is 3.25. The molecule has 1 fully saturated rings. The Labute approximate surface area is 178 Å². The Balaban J connectivity index is 1.65. The summed E-state index contributed by atoms with van der Waals surface area (Å²) >= 11 is 2.02. The van der Waals surface area contributed by atoms with Gasteiger partial charge in [0.1, 0.15) is 17.9 Å². The number of aromatic nitrogens is 3. The number of carbonyl (C=O) groups is 1. The van der Waals surface area contributed by atoms with E-state index in [1.807, 2.05) is 28.7 Å². The maximum Gasteiger partial charge on any atom is 0.256 e. The van der Waals surface area contributed by atoms with Gasteiger partial charge in [-0.15, -0.1) is 0 Å². The van der Waals surface area contributed by atoms with E-state index in [-0.39, 0.29) is 12.3 Å². The molecule has 1 aromatic carbocycles. The first-order valence-electron chi connectivity index (χ1n) is 8.75. The maximum atomic E-state index is 12.5. The highest BCUT2D eigenvalue weighted by Crippen LogP contribution is 2.42. The van der Waals surface area contributed by atoms with E-state index in [0.717, 1.165) is 0 Å². The molecule has 148 valence electrons. The molecule has 0 radical (unpaired) electrons. The van der Waals surface area contributed by atoms with Gasteiger partial charge in [-0.25, -0.2) is 9.50 Å². The normalized spacial score (nSPS) is 23.7. The molecule has 0 unspecified atom stereocenters. The number of benzene rings is 1. The van der Waals surface area contributed by atoms with E-state index in [4.69, 9.17) is 10.3 Å². The van der Waals surface area contributed by atoms with Crippen LogP contribution in [0, 0.1) is 0 Å². The minimum Gasteiger partial charge on any atom is -0.390 e. The molecule has 2 N–H and O–H groups in total. The number of carbonyl (C=O) groups excluding carboxylic acids is 1. The average Bonchev–Trinajstić information content (AvgIpc) is 3.31. The Hall–Kier alpha value is -2.73. The van der Waals surface area contributed by atoms with E-state index >= 15 is 0 Å². The van der Waals surface area contributed by atoms with Gasteiger partial charge in [0, 0.05) is 21.3 Å². The fourth-order valence-electron chi connectivity index (χ4n) is 3.32. The van der Waals surface area contributed by atoms with Crippen LogP contribution in [0.4, 0.5) is 5.82 Å². The lowest BCUT2D eigenvalue weighted by Crippen LogP contribution is -2.38. The largest absolute Gasteiger partial charge is 0.390 e. The molecule has 10 nitrogen and oxygen atoms in total. The van der Waals surface area contributed by atoms with Gasteiger partial charge in [0.05, 0.1) is 11.8 Å². The van der Waals surface area contributed by atoms with Crippen molar-refractivity contribution in [2.24, 2.45) is 5.11 Å². The zero-order valence-corrected chi connectivity index (χ0v) is 17.2. The number of hydrogen-bond acceptors (Lipinski definition) is 6. The highest BCUT2D eigenvalue weighted by molar-refractivity contribution is 14.1. The Morgan fingerprint density at radius 2 is 2.21 bits per heavy atom. The van der Waals surface area contributed by atoms with Crippen LogP contribution in [0.1, 0.15) is 28.6 Å². The Bertz CT molecular complexity index is 1100. The van der Waals surface area contributed by atoms with E-state index in [0.29, 0.717) is 27.0 Å². The number of fused-ring (bicyclic) bond motifs is 1. The van der Waals surface area contributed by atoms with Crippen molar-refractivity contribution in [1.29, 1.82) is 0 Å². The molecule has 4 rings (SSSR count). The SMILES string of the molecule is [N-]=[N+]=N[C@]1(CI)O[C@@H](c2ccc3c(NC(=O)c4ccccc4)ncnn23)C[C@@H]1O. The zero-order valence-electron chi connectivity index (χ0n) is 15.0. The van der Waals surface area contributed by atoms with Crippen molar-refractivity contribution in [1.82, 2.24) is 14.6 Å². The van der Waals surface area contributed by atoms with Gasteiger partial charge in [0.2, 0.25) is 0 Å². The number of anilines is 1. The van der Waals surface area contributed by atoms with Crippen LogP contribution < -0.4 is 5.32 Å². The number of ether oxygens (including phenoxy) is 1. The van der Waals surface area contributed by atoms with Crippen molar-refractivity contribution < 1.29 is 14.6 Å². The molecule has 1 amide bonds. The number of amides is 1. The lowest BCUT2D eigenvalue weighted by Gasteiger charge is -2.24. The maximum absolute atomic E-state index is 12.5. The summed E-state index contributed by atoms with van der Waals surface area (Å²) in [5.74, 6) is 0.0719. The zero-order chi connectivity index (χ0) is 20.4. The molecule has 1 aliphatic heterocycles. The van der Waals surface area contributed by atoms with Crippen LogP contribution in [0.5, 0.6) is 0 Å². The first-order chi connectivity index (χ1) is 14.1. The molecule has 0 bridgehead atoms. The number of azide groups is 1. The number of nitrogens with zero attached hydrogens (tertiary/aromatic N) is 6. The van der Waals surface area contributed by atoms with Gasteiger partial charge in [-0.3, -0.25) is 4.79 Å². The Morgan fingerprint density at radius 3 is 2.93 bits per heavy atom. The lowest BCUT2D eigenvalue weighted by molar-refractivity contribution is -0.0612. The highest BCUT2D eigenvalue weighted by Gasteiger charge is 2.48. The summed E-state index contributed by atoms with van der Waals surface area (Å²) < 4.78 is 7.86. The summed E-state index contributed by atoms with van der Waals surface area (Å²) in [5.41, 5.74) is 9.28. The predicted molar refractivity (Wildman–Crippen MR) is 113 cm³/mol. The number of halogens is 1. The topological polar surface area (TPSA) is 138 Å². The standard InChI is InChI=1S/C18H16IN7O3/c19-9-18(24-25-20)15(27)8-14(29-18)12-6-7-13-16(21-10-22-26(12)13)23-17(28)11-4-2-1-3-5-11/h1-7,10,14-15,27H,8-9H2,(H,21,22,23,28)/t14-,15+,18-/m1/s1. The molecule has 1 saturated heterocycles. The quantitative estimate of drug-likeness (QED) is 0.180. The Morgan fingerprint density at radius 1 is 1.41 bits per heavy atom. The van der Waals surface area contributed by atoms with Crippen LogP contribution in [-0.4, -0.2) is 41.9 Å². The molecule has 3 heterocycles. The van der Waals surface area contributed by atoms with Crippen LogP contribution in [0.3, 0.4) is 0 Å². The summed E-state index contributed by atoms with van der Waals surface area (Å²) in [6.07, 6.45) is 0.121. The van der Waals surface area contributed by atoms with Gasteiger partial charge >= 0.3 is 0 Å². The second-order valence-corrected chi connectivity index (χ2v) is 7.27. The molecule has 29 heavy (non-hydrogen) atoms. The van der Waals surface area contributed by atoms with Crippen LogP contribution in [0.2, 0.25) is 0 Å². The molecule has 11 heteroatoms. The third kappa shape index (κ3) is 3.53. The van der Waals surface area contributed by atoms with Gasteiger partial charge in [-0.1, -0.05) is 45.9 Å². The smallest absolute Gasteiger partial charge is 0.256 e. The van der Waals surface area contributed by atoms with Crippen LogP contribution >= 0.6 is 22.6 Å². The summed E-state index contributed by atoms with van der Waals surface area (Å²) in [5, 5.41) is 21.2. The molecule has 0 aliphatic carbocycles.